The zero-order chi connectivity index (χ0) is 14.5. The summed E-state index contributed by atoms with van der Waals surface area (Å²) >= 11 is 0. The van der Waals surface area contributed by atoms with E-state index in [1.807, 2.05) is 0 Å². The highest BCUT2D eigenvalue weighted by Gasteiger charge is 2.20. The number of terminal acetylenes is 1. The lowest BCUT2D eigenvalue weighted by Crippen LogP contribution is -2.39. The van der Waals surface area contributed by atoms with E-state index in [0.717, 1.165) is 38.1 Å². The average Bonchev–Trinajstić information content (AvgIpc) is 2.43. The van der Waals surface area contributed by atoms with E-state index in [2.05, 4.69) is 16.1 Å². The van der Waals surface area contributed by atoms with E-state index in [1.54, 1.807) is 0 Å². The second-order valence-electron chi connectivity index (χ2n) is 4.82. The van der Waals surface area contributed by atoms with Crippen LogP contribution in [0.25, 0.3) is 0 Å². The zero-order valence-corrected chi connectivity index (χ0v) is 11.0. The summed E-state index contributed by atoms with van der Waals surface area (Å²) in [5, 5.41) is 13.8. The van der Waals surface area contributed by atoms with Crippen molar-refractivity contribution in [3.05, 3.63) is 34.1 Å². The minimum Gasteiger partial charge on any atom is -0.380 e. The number of nitrogens with one attached hydrogen (secondary N) is 1. The third-order valence-electron chi connectivity index (χ3n) is 3.42. The summed E-state index contributed by atoms with van der Waals surface area (Å²) in [4.78, 5) is 12.3. The van der Waals surface area contributed by atoms with Crippen LogP contribution in [0.5, 0.6) is 0 Å². The maximum atomic E-state index is 13.7. The molecule has 1 saturated heterocycles. The van der Waals surface area contributed by atoms with Gasteiger partial charge >= 0.3 is 0 Å². The lowest BCUT2D eigenvalue weighted by molar-refractivity contribution is -0.384. The first-order valence-electron chi connectivity index (χ1n) is 6.46. The second kappa shape index (κ2) is 6.35. The van der Waals surface area contributed by atoms with Gasteiger partial charge in [-0.25, -0.2) is 4.39 Å². The van der Waals surface area contributed by atoms with Gasteiger partial charge in [0.25, 0.3) is 5.69 Å². The Morgan fingerprint density at radius 1 is 1.50 bits per heavy atom. The van der Waals surface area contributed by atoms with E-state index in [-0.39, 0.29) is 17.4 Å². The number of hydrogen-bond donors (Lipinski definition) is 1. The van der Waals surface area contributed by atoms with Crippen molar-refractivity contribution in [1.29, 1.82) is 0 Å². The molecule has 1 aromatic carbocycles. The number of non-ortho nitro benzene ring substituents is 1. The minimum absolute atomic E-state index is 0.112. The molecule has 1 aromatic rings. The topological polar surface area (TPSA) is 58.4 Å². The number of likely N-dealkylation sites (tertiary alicyclic amines) is 1. The molecule has 1 fully saturated rings. The third-order valence-corrected chi connectivity index (χ3v) is 3.42. The molecule has 0 aliphatic carbocycles. The van der Waals surface area contributed by atoms with Gasteiger partial charge in [-0.1, -0.05) is 5.92 Å². The smallest absolute Gasteiger partial charge is 0.271 e. The molecule has 0 unspecified atom stereocenters. The van der Waals surface area contributed by atoms with E-state index < -0.39 is 10.7 Å². The molecule has 1 heterocycles. The van der Waals surface area contributed by atoms with Gasteiger partial charge in [0.2, 0.25) is 0 Å². The number of rotatable bonds is 4. The number of benzene rings is 1. The number of nitro benzene ring substituents is 1. The number of halogens is 1. The molecule has 0 spiro atoms. The molecular weight excluding hydrogens is 261 g/mol. The molecule has 6 heteroatoms. The van der Waals surface area contributed by atoms with E-state index in [4.69, 9.17) is 6.42 Å². The van der Waals surface area contributed by atoms with Gasteiger partial charge in [-0.2, -0.15) is 0 Å². The molecule has 0 bridgehead atoms. The fraction of sp³-hybridized carbons (Fsp3) is 0.429. The molecule has 0 aromatic heterocycles. The number of nitro groups is 1. The second-order valence-corrected chi connectivity index (χ2v) is 4.82. The Balaban J connectivity index is 1.99. The summed E-state index contributed by atoms with van der Waals surface area (Å²) < 4.78 is 13.7. The summed E-state index contributed by atoms with van der Waals surface area (Å²) in [5.74, 6) is 2.13. The Morgan fingerprint density at radius 2 is 2.20 bits per heavy atom. The maximum absolute atomic E-state index is 13.7. The molecule has 2 rings (SSSR count). The largest absolute Gasteiger partial charge is 0.380 e. The molecular formula is C14H16FN3O2. The van der Waals surface area contributed by atoms with E-state index in [9.17, 15) is 14.5 Å². The van der Waals surface area contributed by atoms with Crippen molar-refractivity contribution in [1.82, 2.24) is 4.90 Å². The molecule has 0 amide bonds. The molecule has 20 heavy (non-hydrogen) atoms. The van der Waals surface area contributed by atoms with Crippen molar-refractivity contribution in [2.75, 3.05) is 25.0 Å². The fourth-order valence-electron chi connectivity index (χ4n) is 2.32. The van der Waals surface area contributed by atoms with Crippen molar-refractivity contribution in [3.8, 4) is 12.3 Å². The van der Waals surface area contributed by atoms with Gasteiger partial charge in [-0.15, -0.1) is 6.42 Å². The average molecular weight is 277 g/mol. The molecule has 1 aliphatic rings. The Hall–Kier alpha value is -2.13. The fourth-order valence-corrected chi connectivity index (χ4v) is 2.32. The summed E-state index contributed by atoms with van der Waals surface area (Å²) in [5.41, 5.74) is 0.0771. The molecule has 5 nitrogen and oxygen atoms in total. The highest BCUT2D eigenvalue weighted by atomic mass is 19.1. The number of piperidine rings is 1. The molecule has 1 N–H and O–H groups in total. The van der Waals surface area contributed by atoms with Crippen LogP contribution in [-0.4, -0.2) is 35.5 Å². The Kier molecular flexibility index (Phi) is 4.53. The van der Waals surface area contributed by atoms with Crippen molar-refractivity contribution in [2.45, 2.75) is 18.9 Å². The summed E-state index contributed by atoms with van der Waals surface area (Å²) in [6, 6.07) is 3.63. The SMILES string of the molecule is C#CCN1CCC(Nc2cc([N+](=O)[O-])ccc2F)CC1. The van der Waals surface area contributed by atoms with Gasteiger partial charge in [-0.05, 0) is 18.9 Å². The molecule has 106 valence electrons. The van der Waals surface area contributed by atoms with Crippen molar-refractivity contribution < 1.29 is 9.31 Å². The van der Waals surface area contributed by atoms with Gasteiger partial charge in [0, 0.05) is 31.3 Å². The van der Waals surface area contributed by atoms with E-state index in [1.165, 1.54) is 6.07 Å². The van der Waals surface area contributed by atoms with Gasteiger partial charge in [0.1, 0.15) is 5.82 Å². The first-order chi connectivity index (χ1) is 9.60. The molecule has 0 saturated carbocycles. The molecule has 0 atom stereocenters. The van der Waals surface area contributed by atoms with Crippen LogP contribution in [-0.2, 0) is 0 Å². The predicted molar refractivity (Wildman–Crippen MR) is 75.0 cm³/mol. The Labute approximate surface area is 116 Å². The predicted octanol–water partition coefficient (Wildman–Crippen LogP) is 2.24. The lowest BCUT2D eigenvalue weighted by atomic mass is 10.0. The van der Waals surface area contributed by atoms with Crippen molar-refractivity contribution in [2.24, 2.45) is 0 Å². The van der Waals surface area contributed by atoms with Crippen molar-refractivity contribution in [3.63, 3.8) is 0 Å². The van der Waals surface area contributed by atoms with E-state index >= 15 is 0 Å². The van der Waals surface area contributed by atoms with Crippen LogP contribution in [0.4, 0.5) is 15.8 Å². The van der Waals surface area contributed by atoms with Crippen LogP contribution >= 0.6 is 0 Å². The molecule has 0 radical (unpaired) electrons. The van der Waals surface area contributed by atoms with E-state index in [0.29, 0.717) is 6.54 Å². The normalized spacial score (nSPS) is 16.6. The first kappa shape index (κ1) is 14.3. The first-order valence-corrected chi connectivity index (χ1v) is 6.46. The van der Waals surface area contributed by atoms with Gasteiger partial charge in [0.15, 0.2) is 0 Å². The Bertz CT molecular complexity index is 534. The highest BCUT2D eigenvalue weighted by molar-refractivity contribution is 5.52. The zero-order valence-electron chi connectivity index (χ0n) is 11.0. The maximum Gasteiger partial charge on any atom is 0.271 e. The van der Waals surface area contributed by atoms with Crippen LogP contribution in [0.3, 0.4) is 0 Å². The summed E-state index contributed by atoms with van der Waals surface area (Å²) in [6.07, 6.45) is 6.94. The number of nitrogens with zero attached hydrogens (tertiary/aromatic N) is 2. The van der Waals surface area contributed by atoms with Crippen LogP contribution in [0.2, 0.25) is 0 Å². The lowest BCUT2D eigenvalue weighted by Gasteiger charge is -2.31. The minimum atomic E-state index is -0.528. The van der Waals surface area contributed by atoms with Gasteiger partial charge in [0.05, 0.1) is 17.2 Å². The van der Waals surface area contributed by atoms with Gasteiger partial charge < -0.3 is 5.32 Å². The summed E-state index contributed by atoms with van der Waals surface area (Å²) in [7, 11) is 0. The quantitative estimate of drug-likeness (QED) is 0.521. The monoisotopic (exact) mass is 277 g/mol. The van der Waals surface area contributed by atoms with Crippen molar-refractivity contribution >= 4 is 11.4 Å². The van der Waals surface area contributed by atoms with Gasteiger partial charge in [-0.3, -0.25) is 15.0 Å². The van der Waals surface area contributed by atoms with Crippen LogP contribution in [0.1, 0.15) is 12.8 Å². The number of hydrogen-bond acceptors (Lipinski definition) is 4. The van der Waals surface area contributed by atoms with Crippen LogP contribution < -0.4 is 5.32 Å². The number of anilines is 1. The molecule has 1 aliphatic heterocycles. The highest BCUT2D eigenvalue weighted by Crippen LogP contribution is 2.24. The van der Waals surface area contributed by atoms with Crippen LogP contribution in [0, 0.1) is 28.3 Å². The summed E-state index contributed by atoms with van der Waals surface area (Å²) in [6.45, 7) is 2.31. The third kappa shape index (κ3) is 3.45. The van der Waals surface area contributed by atoms with Crippen LogP contribution in [0.15, 0.2) is 18.2 Å². The Morgan fingerprint density at radius 3 is 2.80 bits per heavy atom. The standard InChI is InChI=1S/C14H16FN3O2/c1-2-7-17-8-5-11(6-9-17)16-14-10-12(18(19)20)3-4-13(14)15/h1,3-4,10-11,16H,5-9H2.